The molecular formula is C15H14F2N2OS. The van der Waals surface area contributed by atoms with Gasteiger partial charge in [0.15, 0.2) is 11.6 Å². The minimum absolute atomic E-state index is 0.198. The molecule has 3 nitrogen and oxygen atoms in total. The third kappa shape index (κ3) is 4.46. The Morgan fingerprint density at radius 2 is 1.81 bits per heavy atom. The first-order valence-electron chi connectivity index (χ1n) is 6.21. The maximum atomic E-state index is 13.0. The van der Waals surface area contributed by atoms with Crippen LogP contribution in [0.4, 0.5) is 19.3 Å². The van der Waals surface area contributed by atoms with Gasteiger partial charge in [0.25, 0.3) is 0 Å². The van der Waals surface area contributed by atoms with Crippen molar-refractivity contribution in [3.63, 3.8) is 0 Å². The number of halogens is 2. The van der Waals surface area contributed by atoms with Crippen LogP contribution in [0.1, 0.15) is 5.56 Å². The van der Waals surface area contributed by atoms with Crippen molar-refractivity contribution in [3.05, 3.63) is 59.7 Å². The van der Waals surface area contributed by atoms with Gasteiger partial charge in [-0.05, 0) is 36.1 Å². The maximum absolute atomic E-state index is 13.0. The Labute approximate surface area is 125 Å². The molecule has 2 rings (SSSR count). The number of hydrogen-bond donors (Lipinski definition) is 2. The van der Waals surface area contributed by atoms with Crippen LogP contribution in [-0.2, 0) is 6.54 Å². The molecule has 0 unspecified atom stereocenters. The van der Waals surface area contributed by atoms with E-state index in [1.807, 2.05) is 30.5 Å². The molecule has 6 heteroatoms. The number of thioether (sulfide) groups is 1. The summed E-state index contributed by atoms with van der Waals surface area (Å²) in [5.41, 5.74) is 1.15. The molecule has 110 valence electrons. The molecule has 0 aliphatic rings. The quantitative estimate of drug-likeness (QED) is 0.838. The van der Waals surface area contributed by atoms with Gasteiger partial charge in [-0.15, -0.1) is 11.8 Å². The lowest BCUT2D eigenvalue weighted by Crippen LogP contribution is -2.28. The summed E-state index contributed by atoms with van der Waals surface area (Å²) >= 11 is 1.64. The zero-order chi connectivity index (χ0) is 15.2. The van der Waals surface area contributed by atoms with Crippen LogP contribution in [0.2, 0.25) is 0 Å². The van der Waals surface area contributed by atoms with Gasteiger partial charge < -0.3 is 10.6 Å². The standard InChI is InChI=1S/C15H14F2N2OS/c1-21-12-5-2-10(3-6-12)9-18-15(20)19-11-4-7-13(16)14(17)8-11/h2-8H,9H2,1H3,(H2,18,19,20). The molecule has 0 aromatic heterocycles. The summed E-state index contributed by atoms with van der Waals surface area (Å²) in [6.07, 6.45) is 1.99. The highest BCUT2D eigenvalue weighted by Gasteiger charge is 2.05. The second kappa shape index (κ2) is 7.08. The van der Waals surface area contributed by atoms with Gasteiger partial charge in [0, 0.05) is 23.2 Å². The number of urea groups is 1. The van der Waals surface area contributed by atoms with Crippen molar-refractivity contribution in [1.82, 2.24) is 5.32 Å². The number of benzene rings is 2. The summed E-state index contributed by atoms with van der Waals surface area (Å²) in [6, 6.07) is 10.5. The molecule has 2 aromatic rings. The summed E-state index contributed by atoms with van der Waals surface area (Å²) in [7, 11) is 0. The zero-order valence-corrected chi connectivity index (χ0v) is 12.1. The first-order chi connectivity index (χ1) is 10.1. The van der Waals surface area contributed by atoms with Crippen LogP contribution < -0.4 is 10.6 Å². The molecule has 0 heterocycles. The van der Waals surface area contributed by atoms with Gasteiger partial charge in [0.1, 0.15) is 0 Å². The van der Waals surface area contributed by atoms with Gasteiger partial charge in [-0.3, -0.25) is 0 Å². The second-order valence-electron chi connectivity index (χ2n) is 4.28. The van der Waals surface area contributed by atoms with Crippen LogP contribution in [-0.4, -0.2) is 12.3 Å². The van der Waals surface area contributed by atoms with Gasteiger partial charge in [-0.2, -0.15) is 0 Å². The van der Waals surface area contributed by atoms with Crippen LogP contribution in [0.5, 0.6) is 0 Å². The number of hydrogen-bond acceptors (Lipinski definition) is 2. The molecule has 0 saturated heterocycles. The minimum Gasteiger partial charge on any atom is -0.334 e. The predicted octanol–water partition coefficient (Wildman–Crippen LogP) is 4.01. The van der Waals surface area contributed by atoms with E-state index in [4.69, 9.17) is 0 Å². The van der Waals surface area contributed by atoms with Gasteiger partial charge in [-0.1, -0.05) is 12.1 Å². The lowest BCUT2D eigenvalue weighted by molar-refractivity contribution is 0.251. The fraction of sp³-hybridized carbons (Fsp3) is 0.133. The summed E-state index contributed by atoms with van der Waals surface area (Å²) in [5.74, 6) is -1.95. The summed E-state index contributed by atoms with van der Waals surface area (Å²) in [6.45, 7) is 0.351. The number of anilines is 1. The topological polar surface area (TPSA) is 41.1 Å². The minimum atomic E-state index is -1.000. The highest BCUT2D eigenvalue weighted by molar-refractivity contribution is 7.98. The fourth-order valence-corrected chi connectivity index (χ4v) is 2.08. The molecule has 2 amide bonds. The molecule has 0 radical (unpaired) electrons. The molecule has 2 aromatic carbocycles. The first-order valence-corrected chi connectivity index (χ1v) is 7.44. The van der Waals surface area contributed by atoms with Crippen molar-refractivity contribution in [1.29, 1.82) is 0 Å². The van der Waals surface area contributed by atoms with E-state index in [-0.39, 0.29) is 5.69 Å². The van der Waals surface area contributed by atoms with Gasteiger partial charge in [0.2, 0.25) is 0 Å². The molecule has 0 spiro atoms. The molecule has 0 fully saturated rings. The maximum Gasteiger partial charge on any atom is 0.319 e. The number of rotatable bonds is 4. The van der Waals surface area contributed by atoms with Crippen molar-refractivity contribution in [2.45, 2.75) is 11.4 Å². The van der Waals surface area contributed by atoms with Crippen LogP contribution in [0.15, 0.2) is 47.4 Å². The lowest BCUT2D eigenvalue weighted by Gasteiger charge is -2.08. The Morgan fingerprint density at radius 3 is 2.43 bits per heavy atom. The average molecular weight is 308 g/mol. The summed E-state index contributed by atoms with van der Waals surface area (Å²) in [4.78, 5) is 12.8. The zero-order valence-electron chi connectivity index (χ0n) is 11.3. The van der Waals surface area contributed by atoms with Crippen LogP contribution in [0, 0.1) is 11.6 Å². The van der Waals surface area contributed by atoms with E-state index >= 15 is 0 Å². The van der Waals surface area contributed by atoms with E-state index in [1.165, 1.54) is 6.07 Å². The number of carbonyl (C=O) groups is 1. The smallest absolute Gasteiger partial charge is 0.319 e. The molecule has 0 bridgehead atoms. The molecule has 0 aliphatic heterocycles. The number of amides is 2. The normalized spacial score (nSPS) is 10.2. The van der Waals surface area contributed by atoms with Crippen molar-refractivity contribution in [2.24, 2.45) is 0 Å². The van der Waals surface area contributed by atoms with E-state index in [1.54, 1.807) is 11.8 Å². The van der Waals surface area contributed by atoms with E-state index < -0.39 is 17.7 Å². The van der Waals surface area contributed by atoms with Crippen molar-refractivity contribution in [2.75, 3.05) is 11.6 Å². The molecule has 21 heavy (non-hydrogen) atoms. The molecule has 0 atom stereocenters. The van der Waals surface area contributed by atoms with E-state index in [2.05, 4.69) is 10.6 Å². The van der Waals surface area contributed by atoms with Crippen LogP contribution in [0.3, 0.4) is 0 Å². The average Bonchev–Trinajstić information content (AvgIpc) is 2.49. The SMILES string of the molecule is CSc1ccc(CNC(=O)Nc2ccc(F)c(F)c2)cc1. The third-order valence-electron chi connectivity index (χ3n) is 2.79. The van der Waals surface area contributed by atoms with E-state index in [9.17, 15) is 13.6 Å². The highest BCUT2D eigenvalue weighted by Crippen LogP contribution is 2.15. The molecule has 0 aliphatic carbocycles. The lowest BCUT2D eigenvalue weighted by atomic mass is 10.2. The van der Waals surface area contributed by atoms with Crippen molar-refractivity contribution >= 4 is 23.5 Å². The first kappa shape index (κ1) is 15.3. The Bertz CT molecular complexity index is 632. The predicted molar refractivity (Wildman–Crippen MR) is 80.4 cm³/mol. The number of carbonyl (C=O) groups excluding carboxylic acids is 1. The fourth-order valence-electron chi connectivity index (χ4n) is 1.67. The monoisotopic (exact) mass is 308 g/mol. The second-order valence-corrected chi connectivity index (χ2v) is 5.16. The third-order valence-corrected chi connectivity index (χ3v) is 3.53. The molecular weight excluding hydrogens is 294 g/mol. The summed E-state index contributed by atoms with van der Waals surface area (Å²) < 4.78 is 25.8. The molecule has 2 N–H and O–H groups in total. The Kier molecular flexibility index (Phi) is 5.16. The Hall–Kier alpha value is -2.08. The van der Waals surface area contributed by atoms with Gasteiger partial charge in [-0.25, -0.2) is 13.6 Å². The van der Waals surface area contributed by atoms with Crippen molar-refractivity contribution < 1.29 is 13.6 Å². The highest BCUT2D eigenvalue weighted by atomic mass is 32.2. The van der Waals surface area contributed by atoms with E-state index in [0.717, 1.165) is 22.6 Å². The van der Waals surface area contributed by atoms with Crippen LogP contribution in [0.25, 0.3) is 0 Å². The van der Waals surface area contributed by atoms with Crippen LogP contribution >= 0.6 is 11.8 Å². The summed E-state index contributed by atoms with van der Waals surface area (Å²) in [5, 5.41) is 5.09. The Balaban J connectivity index is 1.87. The van der Waals surface area contributed by atoms with Gasteiger partial charge in [0.05, 0.1) is 0 Å². The number of nitrogens with one attached hydrogen (secondary N) is 2. The Morgan fingerprint density at radius 1 is 1.10 bits per heavy atom. The molecule has 0 saturated carbocycles. The van der Waals surface area contributed by atoms with Crippen molar-refractivity contribution in [3.8, 4) is 0 Å². The van der Waals surface area contributed by atoms with Gasteiger partial charge >= 0.3 is 6.03 Å². The van der Waals surface area contributed by atoms with E-state index in [0.29, 0.717) is 6.54 Å². The largest absolute Gasteiger partial charge is 0.334 e.